The molecule has 128 valence electrons. The zero-order valence-electron chi connectivity index (χ0n) is 13.9. The summed E-state index contributed by atoms with van der Waals surface area (Å²) in [5, 5.41) is 11.2. The second kappa shape index (κ2) is 6.49. The zero-order valence-corrected chi connectivity index (χ0v) is 14.7. The van der Waals surface area contributed by atoms with E-state index < -0.39 is 0 Å². The average Bonchev–Trinajstić information content (AvgIpc) is 3.29. The van der Waals surface area contributed by atoms with Crippen LogP contribution in [0, 0.1) is 11.3 Å². The summed E-state index contributed by atoms with van der Waals surface area (Å²) in [6, 6.07) is 9.61. The number of nitriles is 1. The number of carbonyl (C=O) groups is 1. The van der Waals surface area contributed by atoms with Gasteiger partial charge in [-0.05, 0) is 36.4 Å². The fourth-order valence-corrected chi connectivity index (χ4v) is 4.78. The van der Waals surface area contributed by atoms with Gasteiger partial charge in [-0.2, -0.15) is 5.26 Å². The molecule has 0 bridgehead atoms. The third-order valence-electron chi connectivity index (χ3n) is 5.16. The number of carbonyl (C=O) groups excluding carboxylic acids is 1. The van der Waals surface area contributed by atoms with Crippen molar-refractivity contribution >= 4 is 17.2 Å². The molecule has 0 atom stereocenters. The molecule has 3 heterocycles. The maximum atomic E-state index is 13.2. The van der Waals surface area contributed by atoms with Crippen molar-refractivity contribution in [1.82, 2.24) is 9.88 Å². The van der Waals surface area contributed by atoms with E-state index in [0.717, 1.165) is 25.7 Å². The third-order valence-corrected chi connectivity index (χ3v) is 6.24. The summed E-state index contributed by atoms with van der Waals surface area (Å²) >= 11 is 1.68. The molecule has 0 unspecified atom stereocenters. The van der Waals surface area contributed by atoms with Crippen LogP contribution in [-0.4, -0.2) is 35.0 Å². The largest absolute Gasteiger partial charge is 0.470 e. The predicted molar refractivity (Wildman–Crippen MR) is 94.4 cm³/mol. The number of thiophene rings is 1. The number of pyridine rings is 1. The number of hydrogen-bond acceptors (Lipinski definition) is 5. The number of likely N-dealkylation sites (tertiary alicyclic amines) is 1. The van der Waals surface area contributed by atoms with Crippen LogP contribution in [0.2, 0.25) is 0 Å². The quantitative estimate of drug-likeness (QED) is 0.847. The van der Waals surface area contributed by atoms with Gasteiger partial charge in [0.2, 0.25) is 11.8 Å². The van der Waals surface area contributed by atoms with Crippen molar-refractivity contribution in [3.63, 3.8) is 0 Å². The zero-order chi connectivity index (χ0) is 17.3. The smallest absolute Gasteiger partial charge is 0.234 e. The normalized spacial score (nSPS) is 19.2. The van der Waals surface area contributed by atoms with Crippen LogP contribution in [0.4, 0.5) is 0 Å². The number of hydrogen-bond donors (Lipinski definition) is 0. The monoisotopic (exact) mass is 353 g/mol. The van der Waals surface area contributed by atoms with Gasteiger partial charge in [-0.15, -0.1) is 11.3 Å². The van der Waals surface area contributed by atoms with Crippen LogP contribution in [0.1, 0.15) is 36.1 Å². The Morgan fingerprint density at radius 3 is 2.80 bits per heavy atom. The highest BCUT2D eigenvalue weighted by Crippen LogP contribution is 2.45. The summed E-state index contributed by atoms with van der Waals surface area (Å²) in [5.41, 5.74) is 0.0974. The van der Waals surface area contributed by atoms with Gasteiger partial charge in [-0.1, -0.05) is 18.9 Å². The van der Waals surface area contributed by atoms with Crippen molar-refractivity contribution in [1.29, 1.82) is 5.26 Å². The molecule has 2 aromatic heterocycles. The highest BCUT2D eigenvalue weighted by Gasteiger charge is 2.48. The summed E-state index contributed by atoms with van der Waals surface area (Å²) in [7, 11) is 0. The number of aromatic nitrogens is 1. The van der Waals surface area contributed by atoms with E-state index in [9.17, 15) is 4.79 Å². The lowest BCUT2D eigenvalue weighted by Crippen LogP contribution is -2.60. The van der Waals surface area contributed by atoms with Crippen LogP contribution in [0.15, 0.2) is 35.8 Å². The van der Waals surface area contributed by atoms with Gasteiger partial charge in [-0.3, -0.25) is 4.79 Å². The Morgan fingerprint density at radius 1 is 1.32 bits per heavy atom. The standard InChI is InChI=1S/C19H19N3O2S/c20-11-14-5-3-9-21-17(14)24-15-12-22(13-15)18(23)19(7-1-2-8-19)16-6-4-10-25-16/h3-6,9-10,15H,1-2,7-8,12-13H2. The molecular weight excluding hydrogens is 334 g/mol. The Balaban J connectivity index is 1.43. The molecule has 0 spiro atoms. The van der Waals surface area contributed by atoms with E-state index in [1.807, 2.05) is 11.0 Å². The molecule has 2 fully saturated rings. The molecule has 4 rings (SSSR count). The average molecular weight is 353 g/mol. The van der Waals surface area contributed by atoms with Crippen molar-refractivity contribution in [3.05, 3.63) is 46.3 Å². The van der Waals surface area contributed by atoms with E-state index >= 15 is 0 Å². The highest BCUT2D eigenvalue weighted by atomic mass is 32.1. The van der Waals surface area contributed by atoms with E-state index in [-0.39, 0.29) is 17.4 Å². The van der Waals surface area contributed by atoms with Gasteiger partial charge < -0.3 is 9.64 Å². The minimum atomic E-state index is -0.331. The van der Waals surface area contributed by atoms with E-state index in [1.54, 1.807) is 29.7 Å². The molecule has 1 aliphatic heterocycles. The summed E-state index contributed by atoms with van der Waals surface area (Å²) in [4.78, 5) is 20.4. The lowest BCUT2D eigenvalue weighted by Gasteiger charge is -2.43. The van der Waals surface area contributed by atoms with Crippen molar-refractivity contribution in [2.45, 2.75) is 37.2 Å². The predicted octanol–water partition coefficient (Wildman–Crippen LogP) is 3.12. The lowest BCUT2D eigenvalue weighted by atomic mass is 9.82. The van der Waals surface area contributed by atoms with Gasteiger partial charge in [0.25, 0.3) is 0 Å². The van der Waals surface area contributed by atoms with Crippen LogP contribution in [-0.2, 0) is 10.2 Å². The van der Waals surface area contributed by atoms with Gasteiger partial charge in [0, 0.05) is 11.1 Å². The first-order valence-electron chi connectivity index (χ1n) is 8.58. The molecule has 0 radical (unpaired) electrons. The molecule has 25 heavy (non-hydrogen) atoms. The summed E-state index contributed by atoms with van der Waals surface area (Å²) < 4.78 is 5.81. The van der Waals surface area contributed by atoms with E-state index in [1.165, 1.54) is 4.88 Å². The van der Waals surface area contributed by atoms with Gasteiger partial charge in [0.1, 0.15) is 17.7 Å². The molecule has 5 nitrogen and oxygen atoms in total. The van der Waals surface area contributed by atoms with Gasteiger partial charge >= 0.3 is 0 Å². The van der Waals surface area contributed by atoms with Crippen LogP contribution in [0.3, 0.4) is 0 Å². The molecule has 6 heteroatoms. The molecule has 2 aromatic rings. The maximum Gasteiger partial charge on any atom is 0.234 e. The van der Waals surface area contributed by atoms with Crippen LogP contribution >= 0.6 is 11.3 Å². The number of amides is 1. The SMILES string of the molecule is N#Cc1cccnc1OC1CN(C(=O)C2(c3cccs3)CCCC2)C1. The van der Waals surface area contributed by atoms with Crippen molar-refractivity contribution in [3.8, 4) is 11.9 Å². The van der Waals surface area contributed by atoms with E-state index in [4.69, 9.17) is 10.00 Å². The first-order chi connectivity index (χ1) is 12.2. The molecule has 0 N–H and O–H groups in total. The summed E-state index contributed by atoms with van der Waals surface area (Å²) in [6.07, 6.45) is 5.61. The van der Waals surface area contributed by atoms with E-state index in [2.05, 4.69) is 22.5 Å². The summed E-state index contributed by atoms with van der Waals surface area (Å²) in [6.45, 7) is 1.13. The second-order valence-corrected chi connectivity index (χ2v) is 7.63. The first-order valence-corrected chi connectivity index (χ1v) is 9.46. The minimum Gasteiger partial charge on any atom is -0.470 e. The Bertz CT molecular complexity index is 800. The molecule has 1 aliphatic carbocycles. The molecule has 1 amide bonds. The second-order valence-electron chi connectivity index (χ2n) is 6.68. The molecule has 2 aliphatic rings. The maximum absolute atomic E-state index is 13.2. The fraction of sp³-hybridized carbons (Fsp3) is 0.421. The molecule has 0 aromatic carbocycles. The van der Waals surface area contributed by atoms with Crippen molar-refractivity contribution in [2.75, 3.05) is 13.1 Å². The van der Waals surface area contributed by atoms with E-state index in [0.29, 0.717) is 24.5 Å². The van der Waals surface area contributed by atoms with Gasteiger partial charge in [0.05, 0.1) is 18.5 Å². The summed E-state index contributed by atoms with van der Waals surface area (Å²) in [5.74, 6) is 0.588. The Morgan fingerprint density at radius 2 is 2.12 bits per heavy atom. The van der Waals surface area contributed by atoms with Crippen LogP contribution in [0.5, 0.6) is 5.88 Å². The minimum absolute atomic E-state index is 0.0901. The molecular formula is C19H19N3O2S. The van der Waals surface area contributed by atoms with Gasteiger partial charge in [-0.25, -0.2) is 4.98 Å². The van der Waals surface area contributed by atoms with Crippen LogP contribution in [0.25, 0.3) is 0 Å². The highest BCUT2D eigenvalue weighted by molar-refractivity contribution is 7.10. The topological polar surface area (TPSA) is 66.2 Å². The van der Waals surface area contributed by atoms with Crippen molar-refractivity contribution in [2.24, 2.45) is 0 Å². The van der Waals surface area contributed by atoms with Gasteiger partial charge in [0.15, 0.2) is 0 Å². The molecule has 1 saturated carbocycles. The number of nitrogens with zero attached hydrogens (tertiary/aromatic N) is 3. The Kier molecular flexibility index (Phi) is 4.18. The van der Waals surface area contributed by atoms with Crippen LogP contribution < -0.4 is 4.74 Å². The molecule has 1 saturated heterocycles. The fourth-order valence-electron chi connectivity index (χ4n) is 3.80. The Labute approximate surface area is 150 Å². The Hall–Kier alpha value is -2.39. The third kappa shape index (κ3) is 2.79. The first kappa shape index (κ1) is 16.1. The number of rotatable bonds is 4. The number of ether oxygens (including phenoxy) is 1. The lowest BCUT2D eigenvalue weighted by molar-refractivity contribution is -0.146. The van der Waals surface area contributed by atoms with Crippen molar-refractivity contribution < 1.29 is 9.53 Å².